The molecule has 5 nitrogen and oxygen atoms in total. The van der Waals surface area contributed by atoms with E-state index in [0.29, 0.717) is 12.0 Å². The molecule has 1 aromatic heterocycles. The van der Waals surface area contributed by atoms with E-state index >= 15 is 0 Å². The number of hydrogen-bond acceptors (Lipinski definition) is 4. The van der Waals surface area contributed by atoms with Crippen LogP contribution in [0.1, 0.15) is 16.7 Å². The Kier molecular flexibility index (Phi) is 6.26. The fourth-order valence-corrected chi connectivity index (χ4v) is 3.69. The molecule has 1 N–H and O–H groups in total. The Hall–Kier alpha value is -3.28. The molecule has 1 heterocycles. The molecule has 31 heavy (non-hydrogen) atoms. The lowest BCUT2D eigenvalue weighted by atomic mass is 9.99. The molecule has 0 unspecified atom stereocenters. The Balaban J connectivity index is 1.63. The zero-order chi connectivity index (χ0) is 21.8. The number of fused-ring (bicyclic) bond motifs is 1. The maximum absolute atomic E-state index is 13.0. The van der Waals surface area contributed by atoms with E-state index in [1.165, 1.54) is 4.68 Å². The topological polar surface area (TPSA) is 64.3 Å². The molecule has 1 atom stereocenters. The van der Waals surface area contributed by atoms with Gasteiger partial charge in [-0.1, -0.05) is 66.2 Å². The van der Waals surface area contributed by atoms with E-state index in [0.717, 1.165) is 33.3 Å². The SMILES string of the molecule is Cc1ccc(C)c(-c2nn(C[C@@H](O)COCc3ccccc3)c(=O)c3ccccc23)c1. The second kappa shape index (κ2) is 9.25. The van der Waals surface area contributed by atoms with Crippen LogP contribution in [0.25, 0.3) is 22.0 Å². The zero-order valence-electron chi connectivity index (χ0n) is 17.8. The maximum Gasteiger partial charge on any atom is 0.274 e. The lowest BCUT2D eigenvalue weighted by Crippen LogP contribution is -2.31. The van der Waals surface area contributed by atoms with Crippen molar-refractivity contribution in [2.45, 2.75) is 33.1 Å². The summed E-state index contributed by atoms with van der Waals surface area (Å²) in [5.41, 5.74) is 4.76. The summed E-state index contributed by atoms with van der Waals surface area (Å²) in [5, 5.41) is 16.6. The zero-order valence-corrected chi connectivity index (χ0v) is 17.8. The highest BCUT2D eigenvalue weighted by Crippen LogP contribution is 2.28. The van der Waals surface area contributed by atoms with Crippen LogP contribution < -0.4 is 5.56 Å². The van der Waals surface area contributed by atoms with Crippen LogP contribution in [0.3, 0.4) is 0 Å². The van der Waals surface area contributed by atoms with Gasteiger partial charge in [0.1, 0.15) is 0 Å². The Labute approximate surface area is 181 Å². The summed E-state index contributed by atoms with van der Waals surface area (Å²) in [6.45, 7) is 4.67. The summed E-state index contributed by atoms with van der Waals surface area (Å²) >= 11 is 0. The van der Waals surface area contributed by atoms with Gasteiger partial charge in [-0.05, 0) is 37.1 Å². The van der Waals surface area contributed by atoms with Crippen molar-refractivity contribution in [2.24, 2.45) is 0 Å². The molecule has 0 amide bonds. The summed E-state index contributed by atoms with van der Waals surface area (Å²) in [6, 6.07) is 23.5. The molecule has 0 aliphatic carbocycles. The number of aryl methyl sites for hydroxylation is 2. The normalized spacial score (nSPS) is 12.2. The fourth-order valence-electron chi connectivity index (χ4n) is 3.69. The van der Waals surface area contributed by atoms with Gasteiger partial charge < -0.3 is 9.84 Å². The molecular weight excluding hydrogens is 388 g/mol. The van der Waals surface area contributed by atoms with Gasteiger partial charge in [-0.2, -0.15) is 5.10 Å². The minimum absolute atomic E-state index is 0.0658. The molecule has 0 radical (unpaired) electrons. The van der Waals surface area contributed by atoms with E-state index in [1.807, 2.05) is 68.4 Å². The first-order valence-electron chi connectivity index (χ1n) is 10.4. The van der Waals surface area contributed by atoms with E-state index in [2.05, 4.69) is 23.3 Å². The standard InChI is InChI=1S/C26H26N2O3/c1-18-12-13-19(2)24(14-18)25-22-10-6-7-11-23(22)26(30)28(27-25)15-21(29)17-31-16-20-8-4-3-5-9-20/h3-14,21,29H,15-17H2,1-2H3/t21-/m1/s1. The van der Waals surface area contributed by atoms with Gasteiger partial charge in [0.15, 0.2) is 0 Å². The smallest absolute Gasteiger partial charge is 0.274 e. The molecule has 0 aliphatic heterocycles. The molecule has 158 valence electrons. The molecule has 4 aromatic rings. The number of rotatable bonds is 7. The number of benzene rings is 3. The molecular formula is C26H26N2O3. The van der Waals surface area contributed by atoms with E-state index in [-0.39, 0.29) is 18.7 Å². The van der Waals surface area contributed by atoms with Gasteiger partial charge in [-0.3, -0.25) is 4.79 Å². The molecule has 0 aliphatic rings. The van der Waals surface area contributed by atoms with Crippen molar-refractivity contribution in [3.63, 3.8) is 0 Å². The summed E-state index contributed by atoms with van der Waals surface area (Å²) in [5.74, 6) is 0. The van der Waals surface area contributed by atoms with Crippen molar-refractivity contribution in [1.82, 2.24) is 9.78 Å². The van der Waals surface area contributed by atoms with Crippen LogP contribution in [0.4, 0.5) is 0 Å². The third kappa shape index (κ3) is 4.74. The van der Waals surface area contributed by atoms with Crippen LogP contribution in [-0.2, 0) is 17.9 Å². The Morgan fingerprint density at radius 2 is 1.68 bits per heavy atom. The van der Waals surface area contributed by atoms with Crippen LogP contribution >= 0.6 is 0 Å². The molecule has 0 saturated heterocycles. The van der Waals surface area contributed by atoms with E-state index in [4.69, 9.17) is 4.74 Å². The number of hydrogen-bond donors (Lipinski definition) is 1. The van der Waals surface area contributed by atoms with E-state index < -0.39 is 6.10 Å². The molecule has 0 bridgehead atoms. The Morgan fingerprint density at radius 3 is 2.45 bits per heavy atom. The first-order chi connectivity index (χ1) is 15.0. The minimum Gasteiger partial charge on any atom is -0.389 e. The Bertz CT molecular complexity index is 1250. The fraction of sp³-hybridized carbons (Fsp3) is 0.231. The van der Waals surface area contributed by atoms with Gasteiger partial charge in [0.05, 0.1) is 36.9 Å². The van der Waals surface area contributed by atoms with Gasteiger partial charge in [0.25, 0.3) is 5.56 Å². The summed E-state index contributed by atoms with van der Waals surface area (Å²) in [4.78, 5) is 13.0. The van der Waals surface area contributed by atoms with E-state index in [9.17, 15) is 9.90 Å². The van der Waals surface area contributed by atoms with Gasteiger partial charge >= 0.3 is 0 Å². The highest BCUT2D eigenvalue weighted by Gasteiger charge is 2.16. The highest BCUT2D eigenvalue weighted by atomic mass is 16.5. The van der Waals surface area contributed by atoms with Crippen molar-refractivity contribution >= 4 is 10.8 Å². The van der Waals surface area contributed by atoms with Crippen molar-refractivity contribution in [3.05, 3.63) is 99.8 Å². The van der Waals surface area contributed by atoms with Crippen molar-refractivity contribution in [1.29, 1.82) is 0 Å². The van der Waals surface area contributed by atoms with Gasteiger partial charge in [-0.15, -0.1) is 0 Å². The number of aliphatic hydroxyl groups is 1. The number of ether oxygens (including phenoxy) is 1. The third-order valence-electron chi connectivity index (χ3n) is 5.32. The minimum atomic E-state index is -0.846. The quantitative estimate of drug-likeness (QED) is 0.491. The molecule has 0 saturated carbocycles. The van der Waals surface area contributed by atoms with Crippen molar-refractivity contribution in [2.75, 3.05) is 6.61 Å². The van der Waals surface area contributed by atoms with Crippen molar-refractivity contribution < 1.29 is 9.84 Å². The predicted octanol–water partition coefficient (Wildman–Crippen LogP) is 4.26. The summed E-state index contributed by atoms with van der Waals surface area (Å²) in [7, 11) is 0. The maximum atomic E-state index is 13.0. The van der Waals surface area contributed by atoms with Gasteiger partial charge in [0.2, 0.25) is 0 Å². The van der Waals surface area contributed by atoms with Crippen LogP contribution in [0.2, 0.25) is 0 Å². The molecule has 5 heteroatoms. The van der Waals surface area contributed by atoms with Crippen LogP contribution in [0, 0.1) is 13.8 Å². The average molecular weight is 415 g/mol. The molecule has 0 fully saturated rings. The number of nitrogens with zero attached hydrogens (tertiary/aromatic N) is 2. The second-order valence-electron chi connectivity index (χ2n) is 7.85. The van der Waals surface area contributed by atoms with Crippen LogP contribution in [0.15, 0.2) is 77.6 Å². The van der Waals surface area contributed by atoms with Crippen LogP contribution in [0.5, 0.6) is 0 Å². The molecule has 4 rings (SSSR count). The van der Waals surface area contributed by atoms with Crippen molar-refractivity contribution in [3.8, 4) is 11.3 Å². The summed E-state index contributed by atoms with van der Waals surface area (Å²) < 4.78 is 6.99. The van der Waals surface area contributed by atoms with Gasteiger partial charge in [0, 0.05) is 10.9 Å². The lowest BCUT2D eigenvalue weighted by Gasteiger charge is -2.16. The number of aromatic nitrogens is 2. The molecule has 3 aromatic carbocycles. The first kappa shape index (κ1) is 21.0. The largest absolute Gasteiger partial charge is 0.389 e. The Morgan fingerprint density at radius 1 is 0.968 bits per heavy atom. The average Bonchev–Trinajstić information content (AvgIpc) is 2.78. The third-order valence-corrected chi connectivity index (χ3v) is 5.32. The summed E-state index contributed by atoms with van der Waals surface area (Å²) in [6.07, 6.45) is -0.846. The van der Waals surface area contributed by atoms with E-state index in [1.54, 1.807) is 0 Å². The number of aliphatic hydroxyl groups excluding tert-OH is 1. The first-order valence-corrected chi connectivity index (χ1v) is 10.4. The predicted molar refractivity (Wildman–Crippen MR) is 123 cm³/mol. The second-order valence-corrected chi connectivity index (χ2v) is 7.85. The lowest BCUT2D eigenvalue weighted by molar-refractivity contribution is 0.0181. The monoisotopic (exact) mass is 414 g/mol. The van der Waals surface area contributed by atoms with Gasteiger partial charge in [-0.25, -0.2) is 4.68 Å². The molecule has 0 spiro atoms. The highest BCUT2D eigenvalue weighted by molar-refractivity contribution is 5.94. The van der Waals surface area contributed by atoms with Crippen LogP contribution in [-0.4, -0.2) is 27.6 Å².